The summed E-state index contributed by atoms with van der Waals surface area (Å²) < 4.78 is 34.2. The summed E-state index contributed by atoms with van der Waals surface area (Å²) in [6.07, 6.45) is 1.18. The number of rotatable bonds is 6. The van der Waals surface area contributed by atoms with E-state index < -0.39 is 6.61 Å². The summed E-state index contributed by atoms with van der Waals surface area (Å²) in [5.74, 6) is -0.361. The molecule has 2 amide bonds. The fourth-order valence-corrected chi connectivity index (χ4v) is 2.92. The number of nitrogens with zero attached hydrogens (tertiary/aromatic N) is 1. The number of alkyl halides is 2. The Balaban J connectivity index is 2.01. The lowest BCUT2D eigenvalue weighted by Crippen LogP contribution is -2.44. The van der Waals surface area contributed by atoms with Gasteiger partial charge in [0.1, 0.15) is 0 Å². The van der Waals surface area contributed by atoms with Gasteiger partial charge in [-0.25, -0.2) is 0 Å². The number of carbonyl (C=O) groups excluding carboxylic acids is 2. The van der Waals surface area contributed by atoms with Crippen LogP contribution in [0.1, 0.15) is 37.0 Å². The van der Waals surface area contributed by atoms with E-state index in [9.17, 15) is 18.4 Å². The minimum Gasteiger partial charge on any atom is -0.493 e. The lowest BCUT2D eigenvalue weighted by Gasteiger charge is -2.32. The molecule has 0 spiro atoms. The molecule has 1 aromatic rings. The highest BCUT2D eigenvalue weighted by Crippen LogP contribution is 2.30. The Morgan fingerprint density at radius 2 is 1.85 bits per heavy atom. The van der Waals surface area contributed by atoms with Crippen molar-refractivity contribution in [3.63, 3.8) is 0 Å². The molecule has 1 fully saturated rings. The maximum atomic E-state index is 12.6. The molecule has 1 saturated heterocycles. The molecule has 0 aliphatic carbocycles. The van der Waals surface area contributed by atoms with Crippen molar-refractivity contribution in [2.45, 2.75) is 39.3 Å². The van der Waals surface area contributed by atoms with Gasteiger partial charge in [0.15, 0.2) is 11.5 Å². The average Bonchev–Trinajstić information content (AvgIpc) is 2.60. The molecule has 1 aromatic carbocycles. The Hall–Kier alpha value is -2.38. The van der Waals surface area contributed by atoms with Crippen molar-refractivity contribution in [1.82, 2.24) is 10.2 Å². The van der Waals surface area contributed by atoms with Crippen LogP contribution >= 0.6 is 0 Å². The van der Waals surface area contributed by atoms with Crippen molar-refractivity contribution < 1.29 is 27.8 Å². The molecule has 6 nitrogen and oxygen atoms in total. The Bertz CT molecular complexity index is 644. The summed E-state index contributed by atoms with van der Waals surface area (Å²) in [4.78, 5) is 26.3. The summed E-state index contributed by atoms with van der Waals surface area (Å²) in [5, 5.41) is 2.89. The van der Waals surface area contributed by atoms with Crippen LogP contribution in [0.3, 0.4) is 0 Å². The van der Waals surface area contributed by atoms with Crippen LogP contribution in [0.5, 0.6) is 11.5 Å². The fourth-order valence-electron chi connectivity index (χ4n) is 2.92. The van der Waals surface area contributed by atoms with Crippen LogP contribution in [0.15, 0.2) is 18.2 Å². The van der Waals surface area contributed by atoms with Gasteiger partial charge in [0, 0.05) is 30.6 Å². The normalized spacial score (nSPS) is 15.3. The van der Waals surface area contributed by atoms with Crippen LogP contribution in [0.25, 0.3) is 0 Å². The molecule has 0 unspecified atom stereocenters. The van der Waals surface area contributed by atoms with E-state index in [1.54, 1.807) is 4.90 Å². The number of benzene rings is 1. The maximum Gasteiger partial charge on any atom is 0.387 e. The first kappa shape index (κ1) is 19.9. The van der Waals surface area contributed by atoms with Gasteiger partial charge in [-0.2, -0.15) is 8.78 Å². The molecule has 0 radical (unpaired) electrons. The van der Waals surface area contributed by atoms with E-state index in [1.165, 1.54) is 25.3 Å². The lowest BCUT2D eigenvalue weighted by molar-refractivity contribution is -0.126. The number of hydrogen-bond donors (Lipinski definition) is 1. The molecule has 1 aliphatic rings. The summed E-state index contributed by atoms with van der Waals surface area (Å²) in [5.41, 5.74) is 0.327. The van der Waals surface area contributed by atoms with Gasteiger partial charge in [-0.3, -0.25) is 9.59 Å². The number of carbonyl (C=O) groups is 2. The summed E-state index contributed by atoms with van der Waals surface area (Å²) in [7, 11) is 1.32. The highest BCUT2D eigenvalue weighted by atomic mass is 19.3. The molecule has 2 rings (SSSR count). The first-order valence-electron chi connectivity index (χ1n) is 8.54. The molecule has 8 heteroatoms. The van der Waals surface area contributed by atoms with E-state index in [1.807, 2.05) is 13.8 Å². The van der Waals surface area contributed by atoms with E-state index >= 15 is 0 Å². The largest absolute Gasteiger partial charge is 0.493 e. The van der Waals surface area contributed by atoms with E-state index in [0.717, 1.165) is 0 Å². The second-order valence-electron chi connectivity index (χ2n) is 6.47. The number of nitrogens with one attached hydrogen (secondary N) is 1. The zero-order valence-electron chi connectivity index (χ0n) is 15.1. The molecule has 1 N–H and O–H groups in total. The number of piperidine rings is 1. The molecular weight excluding hydrogens is 346 g/mol. The van der Waals surface area contributed by atoms with E-state index in [2.05, 4.69) is 10.1 Å². The van der Waals surface area contributed by atoms with E-state index in [-0.39, 0.29) is 35.3 Å². The summed E-state index contributed by atoms with van der Waals surface area (Å²) >= 11 is 0. The topological polar surface area (TPSA) is 67.9 Å². The third-order valence-corrected chi connectivity index (χ3v) is 4.21. The SMILES string of the molecule is COc1cc(C(=O)N2CCC(C(=O)NC(C)C)CC2)ccc1OC(F)F. The van der Waals surface area contributed by atoms with Gasteiger partial charge in [0.05, 0.1) is 7.11 Å². The van der Waals surface area contributed by atoms with Crippen LogP contribution in [0.2, 0.25) is 0 Å². The molecule has 0 atom stereocenters. The first-order valence-corrected chi connectivity index (χ1v) is 8.54. The van der Waals surface area contributed by atoms with Crippen molar-refractivity contribution in [2.75, 3.05) is 20.2 Å². The van der Waals surface area contributed by atoms with Crippen LogP contribution in [0.4, 0.5) is 8.78 Å². The Kier molecular flexibility index (Phi) is 6.76. The van der Waals surface area contributed by atoms with Crippen molar-refractivity contribution in [3.8, 4) is 11.5 Å². The second kappa shape index (κ2) is 8.82. The van der Waals surface area contributed by atoms with Crippen LogP contribution in [-0.2, 0) is 4.79 Å². The Labute approximate surface area is 151 Å². The van der Waals surface area contributed by atoms with Crippen LogP contribution in [0, 0.1) is 5.92 Å². The maximum absolute atomic E-state index is 12.6. The molecule has 26 heavy (non-hydrogen) atoms. The van der Waals surface area contributed by atoms with E-state index in [0.29, 0.717) is 31.5 Å². The number of likely N-dealkylation sites (tertiary alicyclic amines) is 1. The fraction of sp³-hybridized carbons (Fsp3) is 0.556. The molecular formula is C18H24F2N2O4. The van der Waals surface area contributed by atoms with Crippen LogP contribution < -0.4 is 14.8 Å². The minimum atomic E-state index is -2.97. The number of methoxy groups -OCH3 is 1. The Morgan fingerprint density at radius 3 is 2.38 bits per heavy atom. The van der Waals surface area contributed by atoms with Gasteiger partial charge < -0.3 is 19.7 Å². The average molecular weight is 370 g/mol. The first-order chi connectivity index (χ1) is 12.3. The van der Waals surface area contributed by atoms with Gasteiger partial charge in [-0.1, -0.05) is 0 Å². The number of halogens is 2. The predicted molar refractivity (Wildman–Crippen MR) is 91.5 cm³/mol. The molecule has 1 heterocycles. The lowest BCUT2D eigenvalue weighted by atomic mass is 9.95. The number of amides is 2. The predicted octanol–water partition coefficient (Wildman–Crippen LogP) is 2.67. The molecule has 0 aromatic heterocycles. The third-order valence-electron chi connectivity index (χ3n) is 4.21. The van der Waals surface area contributed by atoms with Crippen LogP contribution in [-0.4, -0.2) is 49.6 Å². The molecule has 1 aliphatic heterocycles. The van der Waals surface area contributed by atoms with Gasteiger partial charge in [0.2, 0.25) is 5.91 Å². The van der Waals surface area contributed by atoms with Crippen molar-refractivity contribution >= 4 is 11.8 Å². The van der Waals surface area contributed by atoms with Crippen molar-refractivity contribution in [1.29, 1.82) is 0 Å². The monoisotopic (exact) mass is 370 g/mol. The standard InChI is InChI=1S/C18H24F2N2O4/c1-11(2)21-16(23)12-6-8-22(9-7-12)17(24)13-4-5-14(26-18(19)20)15(10-13)25-3/h4-5,10-12,18H,6-9H2,1-3H3,(H,21,23). The Morgan fingerprint density at radius 1 is 1.19 bits per heavy atom. The highest BCUT2D eigenvalue weighted by molar-refractivity contribution is 5.95. The number of hydrogen-bond acceptors (Lipinski definition) is 4. The van der Waals surface area contributed by atoms with E-state index in [4.69, 9.17) is 4.74 Å². The quantitative estimate of drug-likeness (QED) is 0.836. The highest BCUT2D eigenvalue weighted by Gasteiger charge is 2.28. The smallest absolute Gasteiger partial charge is 0.387 e. The van der Waals surface area contributed by atoms with Crippen molar-refractivity contribution in [3.05, 3.63) is 23.8 Å². The summed E-state index contributed by atoms with van der Waals surface area (Å²) in [6.45, 7) is 1.78. The molecule has 0 saturated carbocycles. The zero-order valence-corrected chi connectivity index (χ0v) is 15.1. The number of ether oxygens (including phenoxy) is 2. The van der Waals surface area contributed by atoms with Gasteiger partial charge in [-0.15, -0.1) is 0 Å². The molecule has 0 bridgehead atoms. The molecule has 144 valence electrons. The third kappa shape index (κ3) is 5.06. The zero-order chi connectivity index (χ0) is 19.3. The van der Waals surface area contributed by atoms with Gasteiger partial charge in [0.25, 0.3) is 5.91 Å². The summed E-state index contributed by atoms with van der Waals surface area (Å²) in [6, 6.07) is 4.20. The van der Waals surface area contributed by atoms with Gasteiger partial charge >= 0.3 is 6.61 Å². The van der Waals surface area contributed by atoms with Gasteiger partial charge in [-0.05, 0) is 44.9 Å². The minimum absolute atomic E-state index is 0.0160. The van der Waals surface area contributed by atoms with Crippen molar-refractivity contribution in [2.24, 2.45) is 5.92 Å². The second-order valence-corrected chi connectivity index (χ2v) is 6.47.